The number of hydrogen-bond acceptors (Lipinski definition) is 4. The number of nitrogens with zero attached hydrogens (tertiary/aromatic N) is 2. The van der Waals surface area contributed by atoms with Crippen LogP contribution in [0, 0.1) is 0 Å². The van der Waals surface area contributed by atoms with Crippen molar-refractivity contribution in [3.05, 3.63) is 295 Å². The van der Waals surface area contributed by atoms with Crippen LogP contribution in [0.3, 0.4) is 0 Å². The Balaban J connectivity index is 0.000000237. The molecule has 0 saturated carbocycles. The van der Waals surface area contributed by atoms with E-state index in [-0.39, 0.29) is 11.2 Å². The van der Waals surface area contributed by atoms with Crippen molar-refractivity contribution in [3.8, 4) is 22.6 Å². The first-order valence-electron chi connectivity index (χ1n) is 28.3. The van der Waals surface area contributed by atoms with Crippen LogP contribution in [0.2, 0.25) is 0 Å². The Morgan fingerprint density at radius 3 is 2.09 bits per heavy atom. The van der Waals surface area contributed by atoms with E-state index in [9.17, 15) is 5.11 Å². The van der Waals surface area contributed by atoms with E-state index in [4.69, 9.17) is 0 Å². The Labute approximate surface area is 484 Å². The lowest BCUT2D eigenvalue weighted by Crippen LogP contribution is -2.17. The van der Waals surface area contributed by atoms with E-state index in [2.05, 4.69) is 256 Å². The van der Waals surface area contributed by atoms with Crippen LogP contribution in [0.25, 0.3) is 71.2 Å². The molecule has 0 unspecified atom stereocenters. The van der Waals surface area contributed by atoms with Gasteiger partial charge in [0.1, 0.15) is 5.75 Å². The van der Waals surface area contributed by atoms with Crippen LogP contribution >= 0.6 is 11.3 Å². The number of para-hydroxylation sites is 2. The molecule has 2 N–H and O–H groups in total. The molecule has 12 rings (SSSR count). The van der Waals surface area contributed by atoms with Crippen LogP contribution in [0.1, 0.15) is 82.0 Å². The van der Waals surface area contributed by atoms with Gasteiger partial charge in [-0.15, -0.1) is 11.3 Å². The maximum atomic E-state index is 10.6. The van der Waals surface area contributed by atoms with E-state index in [1.807, 2.05) is 87.7 Å². The number of nitrogens with one attached hydrogen (secondary N) is 1. The number of phenolic OH excluding ortho intramolecular Hbond substituents is 1. The van der Waals surface area contributed by atoms with Crippen molar-refractivity contribution in [2.45, 2.75) is 60.3 Å². The summed E-state index contributed by atoms with van der Waals surface area (Å²) in [4.78, 5) is 2.23. The number of fused-ring (bicyclic) bond motifs is 7. The summed E-state index contributed by atoms with van der Waals surface area (Å²) in [7, 11) is 2.12. The Morgan fingerprint density at radius 1 is 0.630 bits per heavy atom. The third-order valence-corrected chi connectivity index (χ3v) is 16.0. The van der Waals surface area contributed by atoms with Gasteiger partial charge in [-0.05, 0) is 136 Å². The fraction of sp³-hybridized carbons (Fsp3) is 0.132. The van der Waals surface area contributed by atoms with Gasteiger partial charge in [0.2, 0.25) is 0 Å². The molecule has 0 amide bonds. The molecule has 4 nitrogen and oxygen atoms in total. The minimum Gasteiger partial charge on any atom is -0.508 e. The summed E-state index contributed by atoms with van der Waals surface area (Å²) >= 11 is 1.84. The monoisotopic (exact) mass is 1080 g/mol. The Kier molecular flexibility index (Phi) is 18.3. The molecule has 10 aromatic rings. The van der Waals surface area contributed by atoms with Crippen molar-refractivity contribution in [1.29, 1.82) is 0 Å². The lowest BCUT2D eigenvalue weighted by atomic mass is 9.81. The summed E-state index contributed by atoms with van der Waals surface area (Å²) in [5.41, 5.74) is 18.9. The average molecular weight is 1080 g/mol. The number of aromatic nitrogens is 1. The SMILES string of the molecule is C=CC1=C(/C=C\C)C(C)(C)c2cc(N(C)c3ccccc3)ccc21.CC.CC.Oc1ccc2c(c1)c1c(n2-c2ccc(-c3ccccc3)cc2)CC=CC(c2ccccc2N/C=C/C=C\C=C/c2ccc3c(c2)sc2ccccc23)=C1. The first-order chi connectivity index (χ1) is 39.7. The Morgan fingerprint density at radius 2 is 1.32 bits per heavy atom. The van der Waals surface area contributed by atoms with Crippen molar-refractivity contribution in [3.63, 3.8) is 0 Å². The Hall–Kier alpha value is -9.16. The van der Waals surface area contributed by atoms with Crippen LogP contribution in [0.4, 0.5) is 17.1 Å². The topological polar surface area (TPSA) is 40.4 Å². The van der Waals surface area contributed by atoms with Crippen LogP contribution in [-0.4, -0.2) is 16.7 Å². The van der Waals surface area contributed by atoms with E-state index in [1.165, 1.54) is 76.2 Å². The highest BCUT2D eigenvalue weighted by Crippen LogP contribution is 2.49. The highest BCUT2D eigenvalue weighted by Gasteiger charge is 2.35. The standard InChI is InChI=1S/C49H36N2OS.C23H25N.2C2H6/c52-39-27-29-47-44(33-39)43-32-37(16-12-20-46(43)51(47)38-25-23-36(24-26-38)35-14-5-3-6-15-35)40-17-7-9-19-45(40)50-30-11-2-1-4-13-34-22-28-42-41-18-8-10-21-48(41)53-49(42)31-34;1-6-11-21-19(7-2)20-15-14-18(16-22(20)23(21,3)4)24(5)17-12-9-8-10-13-17;2*1-2/h1-19,21-33,50,52H,20H2;6-16H,2H2,1,3-5H3;2*1-2H3/b2-1-,13-4-,30-11+;11-6-;;. The zero-order valence-corrected chi connectivity index (χ0v) is 48.8. The van der Waals surface area contributed by atoms with Gasteiger partial charge in [-0.1, -0.05) is 218 Å². The van der Waals surface area contributed by atoms with E-state index < -0.39 is 0 Å². The number of hydrogen-bond donors (Lipinski definition) is 2. The highest BCUT2D eigenvalue weighted by atomic mass is 32.1. The van der Waals surface area contributed by atoms with Gasteiger partial charge >= 0.3 is 0 Å². The maximum Gasteiger partial charge on any atom is 0.116 e. The number of anilines is 3. The zero-order chi connectivity index (χ0) is 56.9. The highest BCUT2D eigenvalue weighted by molar-refractivity contribution is 7.25. The third-order valence-electron chi connectivity index (χ3n) is 14.8. The lowest BCUT2D eigenvalue weighted by Gasteiger charge is -2.26. The van der Waals surface area contributed by atoms with Gasteiger partial charge in [-0.2, -0.15) is 0 Å². The molecule has 5 heteroatoms. The minimum absolute atomic E-state index is 0.0150. The van der Waals surface area contributed by atoms with Crippen molar-refractivity contribution < 1.29 is 5.11 Å². The second-order valence-electron chi connectivity index (χ2n) is 19.9. The first kappa shape index (κ1) is 56.6. The molecule has 0 bridgehead atoms. The average Bonchev–Trinajstić information content (AvgIpc) is 3.69. The van der Waals surface area contributed by atoms with Crippen molar-refractivity contribution in [1.82, 2.24) is 4.57 Å². The normalized spacial score (nSPS) is 13.4. The van der Waals surface area contributed by atoms with Crippen LogP contribution < -0.4 is 10.2 Å². The predicted molar refractivity (Wildman–Crippen MR) is 356 cm³/mol. The van der Waals surface area contributed by atoms with E-state index in [1.54, 1.807) is 6.07 Å². The second kappa shape index (κ2) is 26.2. The number of rotatable bonds is 12. The molecule has 81 heavy (non-hydrogen) atoms. The molecule has 0 fully saturated rings. The quantitative estimate of drug-likeness (QED) is 0.120. The summed E-state index contributed by atoms with van der Waals surface area (Å²) in [5, 5.41) is 17.8. The van der Waals surface area contributed by atoms with Crippen LogP contribution in [0.5, 0.6) is 5.75 Å². The molecule has 8 aromatic carbocycles. The summed E-state index contributed by atoms with van der Waals surface area (Å²) in [6.07, 6.45) is 26.1. The number of aromatic hydroxyl groups is 1. The summed E-state index contributed by atoms with van der Waals surface area (Å²) in [6, 6.07) is 65.8. The van der Waals surface area contributed by atoms with E-state index >= 15 is 0 Å². The fourth-order valence-electron chi connectivity index (χ4n) is 10.9. The number of benzene rings is 8. The summed E-state index contributed by atoms with van der Waals surface area (Å²) in [6.45, 7) is 18.7. The van der Waals surface area contributed by atoms with Crippen molar-refractivity contribution in [2.24, 2.45) is 0 Å². The van der Waals surface area contributed by atoms with Gasteiger partial charge in [-0.25, -0.2) is 0 Å². The zero-order valence-electron chi connectivity index (χ0n) is 48.0. The molecule has 0 spiro atoms. The molecular weight excluding hydrogens is 1000 g/mol. The Bertz CT molecular complexity index is 4040. The molecular formula is C76H73N3OS. The molecule has 0 aliphatic heterocycles. The minimum atomic E-state index is -0.0150. The van der Waals surface area contributed by atoms with Gasteiger partial charge in [-0.3, -0.25) is 0 Å². The molecule has 2 aromatic heterocycles. The molecule has 0 saturated heterocycles. The summed E-state index contributed by atoms with van der Waals surface area (Å²) < 4.78 is 4.97. The van der Waals surface area contributed by atoms with Gasteiger partial charge in [0, 0.05) is 90.2 Å². The fourth-order valence-corrected chi connectivity index (χ4v) is 12.1. The van der Waals surface area contributed by atoms with E-state index in [0.29, 0.717) is 0 Å². The van der Waals surface area contributed by atoms with Gasteiger partial charge in [0.25, 0.3) is 0 Å². The first-order valence-corrected chi connectivity index (χ1v) is 29.1. The van der Waals surface area contributed by atoms with Crippen molar-refractivity contribution >= 4 is 82.8 Å². The summed E-state index contributed by atoms with van der Waals surface area (Å²) in [5.74, 6) is 0.261. The van der Waals surface area contributed by atoms with Gasteiger partial charge < -0.3 is 19.9 Å². The second-order valence-corrected chi connectivity index (χ2v) is 21.0. The van der Waals surface area contributed by atoms with E-state index in [0.717, 1.165) is 45.4 Å². The lowest BCUT2D eigenvalue weighted by molar-refractivity contribution is 0.476. The molecule has 2 aliphatic carbocycles. The van der Waals surface area contributed by atoms with Crippen LogP contribution in [-0.2, 0) is 11.8 Å². The maximum absolute atomic E-state index is 10.6. The van der Waals surface area contributed by atoms with Gasteiger partial charge in [0.15, 0.2) is 0 Å². The number of allylic oxidation sites excluding steroid dienone is 12. The molecule has 0 atom stereocenters. The van der Waals surface area contributed by atoms with Crippen LogP contribution in [0.15, 0.2) is 261 Å². The smallest absolute Gasteiger partial charge is 0.116 e. The van der Waals surface area contributed by atoms with Crippen molar-refractivity contribution in [2.75, 3.05) is 17.3 Å². The molecule has 2 heterocycles. The third kappa shape index (κ3) is 12.1. The number of phenols is 1. The van der Waals surface area contributed by atoms with Gasteiger partial charge in [0.05, 0.1) is 5.52 Å². The molecule has 2 aliphatic rings. The largest absolute Gasteiger partial charge is 0.508 e. The molecule has 0 radical (unpaired) electrons. The molecule has 404 valence electrons. The predicted octanol–water partition coefficient (Wildman–Crippen LogP) is 21.5. The number of thiophene rings is 1.